The molecule has 0 spiro atoms. The molecule has 0 saturated carbocycles. The number of ether oxygens (including phenoxy) is 1. The first-order valence-corrected chi connectivity index (χ1v) is 12.6. The van der Waals surface area contributed by atoms with Gasteiger partial charge in [0.05, 0.1) is 5.71 Å². The average molecular weight is 580 g/mol. The fourth-order valence-corrected chi connectivity index (χ4v) is 4.38. The van der Waals surface area contributed by atoms with E-state index in [9.17, 15) is 14.0 Å². The summed E-state index contributed by atoms with van der Waals surface area (Å²) in [6, 6.07) is 18.1. The van der Waals surface area contributed by atoms with E-state index in [0.717, 1.165) is 21.3 Å². The van der Waals surface area contributed by atoms with Crippen LogP contribution in [0.3, 0.4) is 0 Å². The van der Waals surface area contributed by atoms with Gasteiger partial charge in [-0.3, -0.25) is 10.2 Å². The molecule has 8 nitrogen and oxygen atoms in total. The number of nitrogens with one attached hydrogen (secondary N) is 3. The topological polar surface area (TPSA) is 121 Å². The van der Waals surface area contributed by atoms with Crippen molar-refractivity contribution in [1.29, 1.82) is 5.41 Å². The van der Waals surface area contributed by atoms with Crippen LogP contribution in [0.1, 0.15) is 16.7 Å². The Morgan fingerprint density at radius 3 is 2.55 bits per heavy atom. The molecule has 1 atom stereocenters. The first-order chi connectivity index (χ1) is 18.2. The molecule has 196 valence electrons. The van der Waals surface area contributed by atoms with Crippen LogP contribution in [0.25, 0.3) is 0 Å². The lowest BCUT2D eigenvalue weighted by atomic mass is 10.0. The van der Waals surface area contributed by atoms with E-state index in [2.05, 4.69) is 26.6 Å². The Hall–Kier alpha value is -4.02. The smallest absolute Gasteiger partial charge is 0.316 e. The molecule has 1 aliphatic heterocycles. The van der Waals surface area contributed by atoms with Crippen molar-refractivity contribution in [3.63, 3.8) is 0 Å². The fourth-order valence-electron chi connectivity index (χ4n) is 4.11. The SMILES string of the molecule is Cc1cc(CCN2C(=O)COC2/C(=C/Nc2ccc(Br)cc2)C(=N)c2ccc(F)cc2)ccc1NC(N)=O. The lowest BCUT2D eigenvalue weighted by Gasteiger charge is -2.26. The maximum absolute atomic E-state index is 13.5. The molecule has 38 heavy (non-hydrogen) atoms. The van der Waals surface area contributed by atoms with Crippen LogP contribution in [-0.2, 0) is 16.0 Å². The minimum Gasteiger partial charge on any atom is -0.361 e. The number of rotatable bonds is 9. The third kappa shape index (κ3) is 6.64. The second kappa shape index (κ2) is 12.0. The summed E-state index contributed by atoms with van der Waals surface area (Å²) in [6.45, 7) is 2.09. The minimum absolute atomic E-state index is 0.108. The van der Waals surface area contributed by atoms with Crippen molar-refractivity contribution >= 4 is 45.0 Å². The van der Waals surface area contributed by atoms with Crippen LogP contribution in [0.4, 0.5) is 20.6 Å². The highest BCUT2D eigenvalue weighted by Gasteiger charge is 2.36. The predicted octanol–water partition coefficient (Wildman–Crippen LogP) is 5.18. The van der Waals surface area contributed by atoms with Crippen molar-refractivity contribution < 1.29 is 18.7 Å². The Labute approximate surface area is 228 Å². The molecule has 1 fully saturated rings. The third-order valence-electron chi connectivity index (χ3n) is 6.08. The van der Waals surface area contributed by atoms with Crippen LogP contribution < -0.4 is 16.4 Å². The van der Waals surface area contributed by atoms with Gasteiger partial charge in [0, 0.05) is 39.7 Å². The van der Waals surface area contributed by atoms with E-state index in [1.807, 2.05) is 43.3 Å². The number of benzene rings is 3. The number of urea groups is 1. The van der Waals surface area contributed by atoms with Gasteiger partial charge in [-0.25, -0.2) is 9.18 Å². The highest BCUT2D eigenvalue weighted by molar-refractivity contribution is 9.10. The van der Waals surface area contributed by atoms with Gasteiger partial charge >= 0.3 is 6.03 Å². The molecule has 1 unspecified atom stereocenters. The largest absolute Gasteiger partial charge is 0.361 e. The number of aryl methyl sites for hydroxylation is 1. The zero-order valence-corrected chi connectivity index (χ0v) is 22.2. The maximum Gasteiger partial charge on any atom is 0.316 e. The van der Waals surface area contributed by atoms with E-state index in [-0.39, 0.29) is 18.2 Å². The van der Waals surface area contributed by atoms with Crippen molar-refractivity contribution in [3.8, 4) is 0 Å². The number of amides is 3. The molecule has 3 aromatic rings. The Bertz CT molecular complexity index is 1380. The van der Waals surface area contributed by atoms with Gasteiger partial charge < -0.3 is 26.0 Å². The number of halogens is 2. The number of nitrogens with two attached hydrogens (primary N) is 1. The van der Waals surface area contributed by atoms with Crippen molar-refractivity contribution in [2.24, 2.45) is 5.73 Å². The van der Waals surface area contributed by atoms with Crippen LogP contribution in [0, 0.1) is 18.2 Å². The third-order valence-corrected chi connectivity index (χ3v) is 6.61. The standard InChI is InChI=1S/C28H27BrFN5O3/c1-17-14-18(2-11-24(17)34-28(32)37)12-13-35-25(36)16-38-27(35)23(15-33-22-9-5-20(29)6-10-22)26(31)19-3-7-21(30)8-4-19/h2-11,14-15,27,31,33H,12-13,16H2,1H3,(H3,32,34,37)/b23-15+,31-26?. The van der Waals surface area contributed by atoms with Crippen molar-refractivity contribution in [1.82, 2.24) is 4.90 Å². The predicted molar refractivity (Wildman–Crippen MR) is 149 cm³/mol. The van der Waals surface area contributed by atoms with E-state index in [4.69, 9.17) is 15.9 Å². The monoisotopic (exact) mass is 579 g/mol. The van der Waals surface area contributed by atoms with Crippen molar-refractivity contribution in [2.45, 2.75) is 19.6 Å². The summed E-state index contributed by atoms with van der Waals surface area (Å²) in [5, 5.41) is 14.6. The van der Waals surface area contributed by atoms with Gasteiger partial charge in [-0.05, 0) is 79.1 Å². The number of hydrogen-bond acceptors (Lipinski definition) is 5. The normalized spacial score (nSPS) is 15.4. The number of carbonyl (C=O) groups excluding carboxylic acids is 2. The molecular formula is C28H27BrFN5O3. The summed E-state index contributed by atoms with van der Waals surface area (Å²) < 4.78 is 20.3. The number of anilines is 2. The summed E-state index contributed by atoms with van der Waals surface area (Å²) in [5.74, 6) is -0.596. The summed E-state index contributed by atoms with van der Waals surface area (Å²) >= 11 is 3.41. The average Bonchev–Trinajstić information content (AvgIpc) is 3.25. The molecule has 0 aromatic heterocycles. The van der Waals surface area contributed by atoms with Crippen LogP contribution in [0.5, 0.6) is 0 Å². The quantitative estimate of drug-likeness (QED) is 0.261. The minimum atomic E-state index is -0.806. The Morgan fingerprint density at radius 2 is 1.89 bits per heavy atom. The van der Waals surface area contributed by atoms with Gasteiger partial charge in [-0.1, -0.05) is 28.1 Å². The van der Waals surface area contributed by atoms with Gasteiger partial charge in [0.1, 0.15) is 12.4 Å². The lowest BCUT2D eigenvalue weighted by Crippen LogP contribution is -2.39. The Balaban J connectivity index is 1.58. The molecule has 1 aliphatic rings. The maximum atomic E-state index is 13.5. The van der Waals surface area contributed by atoms with Gasteiger partial charge in [0.2, 0.25) is 0 Å². The van der Waals surface area contributed by atoms with Crippen LogP contribution in [0.15, 0.2) is 83.0 Å². The summed E-state index contributed by atoms with van der Waals surface area (Å²) in [6.07, 6.45) is 1.38. The molecule has 0 aliphatic carbocycles. The zero-order chi connectivity index (χ0) is 27.2. The first kappa shape index (κ1) is 27.0. The molecule has 1 heterocycles. The molecule has 5 N–H and O–H groups in total. The summed E-state index contributed by atoms with van der Waals surface area (Å²) in [5.41, 5.74) is 9.47. The van der Waals surface area contributed by atoms with E-state index in [1.165, 1.54) is 24.3 Å². The van der Waals surface area contributed by atoms with Crippen LogP contribution in [0.2, 0.25) is 0 Å². The molecule has 4 rings (SSSR count). The van der Waals surface area contributed by atoms with Crippen molar-refractivity contribution in [3.05, 3.63) is 105 Å². The van der Waals surface area contributed by atoms with Crippen molar-refractivity contribution in [2.75, 3.05) is 23.8 Å². The van der Waals surface area contributed by atoms with Gasteiger partial charge in [0.25, 0.3) is 5.91 Å². The van der Waals surface area contributed by atoms with E-state index < -0.39 is 18.1 Å². The van der Waals surface area contributed by atoms with E-state index in [1.54, 1.807) is 17.2 Å². The molecule has 10 heteroatoms. The molecule has 0 radical (unpaired) electrons. The molecule has 3 aromatic carbocycles. The van der Waals surface area contributed by atoms with Gasteiger partial charge in [0.15, 0.2) is 6.23 Å². The Morgan fingerprint density at radius 1 is 1.18 bits per heavy atom. The van der Waals surface area contributed by atoms with Gasteiger partial charge in [-0.15, -0.1) is 0 Å². The Kier molecular flexibility index (Phi) is 8.55. The summed E-state index contributed by atoms with van der Waals surface area (Å²) in [7, 11) is 0. The summed E-state index contributed by atoms with van der Waals surface area (Å²) in [4.78, 5) is 25.6. The highest BCUT2D eigenvalue weighted by Crippen LogP contribution is 2.25. The molecule has 0 bridgehead atoms. The zero-order valence-electron chi connectivity index (χ0n) is 20.6. The lowest BCUT2D eigenvalue weighted by molar-refractivity contribution is -0.127. The second-order valence-electron chi connectivity index (χ2n) is 8.77. The number of carbonyl (C=O) groups is 2. The molecule has 3 amide bonds. The molecule has 1 saturated heterocycles. The highest BCUT2D eigenvalue weighted by atomic mass is 79.9. The van der Waals surface area contributed by atoms with Gasteiger partial charge in [-0.2, -0.15) is 0 Å². The first-order valence-electron chi connectivity index (χ1n) is 11.9. The van der Waals surface area contributed by atoms with E-state index in [0.29, 0.717) is 29.8 Å². The number of hydrogen-bond donors (Lipinski definition) is 4. The number of primary amides is 1. The van der Waals surface area contributed by atoms with E-state index >= 15 is 0 Å². The fraction of sp³-hybridized carbons (Fsp3) is 0.179. The number of nitrogens with zero attached hydrogens (tertiary/aromatic N) is 1. The van der Waals surface area contributed by atoms with Crippen LogP contribution in [-0.4, -0.2) is 41.9 Å². The second-order valence-corrected chi connectivity index (χ2v) is 9.69. The molecular weight excluding hydrogens is 553 g/mol. The van der Waals surface area contributed by atoms with Crippen LogP contribution >= 0.6 is 15.9 Å².